The largest absolute Gasteiger partial charge is 0.332 e. The predicted octanol–water partition coefficient (Wildman–Crippen LogP) is 4.57. The minimum atomic E-state index is 0.447. The van der Waals surface area contributed by atoms with Crippen molar-refractivity contribution in [1.82, 2.24) is 5.32 Å². The van der Waals surface area contributed by atoms with E-state index < -0.39 is 0 Å². The average molecular weight is 298 g/mol. The number of unbranched alkanes of at least 4 members (excludes halogenated alkanes) is 3. The van der Waals surface area contributed by atoms with Gasteiger partial charge in [-0.3, -0.25) is 5.41 Å². The van der Waals surface area contributed by atoms with Crippen molar-refractivity contribution in [2.24, 2.45) is 0 Å². The van der Waals surface area contributed by atoms with Crippen molar-refractivity contribution in [2.75, 3.05) is 5.32 Å². The molecule has 5 heteroatoms. The maximum Gasteiger partial charge on any atom is 0.176 e. The topological polar surface area (TPSA) is 47.9 Å². The number of hydrogen-bond donors (Lipinski definition) is 3. The van der Waals surface area contributed by atoms with Gasteiger partial charge >= 0.3 is 0 Å². The van der Waals surface area contributed by atoms with Gasteiger partial charge in [-0.1, -0.05) is 37.8 Å². The fraction of sp³-hybridized carbons (Fsp3) is 0.429. The Kier molecular flexibility index (Phi) is 7.45. The Morgan fingerprint density at radius 3 is 2.53 bits per heavy atom. The molecule has 3 nitrogen and oxygen atoms in total. The van der Waals surface area contributed by atoms with Crippen LogP contribution in [0.4, 0.5) is 5.69 Å². The van der Waals surface area contributed by atoms with Crippen LogP contribution in [-0.4, -0.2) is 10.9 Å². The quantitative estimate of drug-likeness (QED) is 0.312. The van der Waals surface area contributed by atoms with E-state index in [1.807, 2.05) is 12.1 Å². The summed E-state index contributed by atoms with van der Waals surface area (Å²) in [5, 5.41) is 14.8. The first-order valence-electron chi connectivity index (χ1n) is 6.53. The third-order valence-electron chi connectivity index (χ3n) is 2.65. The molecular weight excluding hydrogens is 278 g/mol. The Bertz CT molecular complexity index is 417. The molecule has 0 spiro atoms. The van der Waals surface area contributed by atoms with Gasteiger partial charge in [0.25, 0.3) is 0 Å². The number of rotatable bonds is 6. The van der Waals surface area contributed by atoms with Gasteiger partial charge in [-0.15, -0.1) is 0 Å². The summed E-state index contributed by atoms with van der Waals surface area (Å²) >= 11 is 11.0. The van der Waals surface area contributed by atoms with Gasteiger partial charge in [-0.25, -0.2) is 0 Å². The molecular formula is C14H20ClN3S. The highest BCUT2D eigenvalue weighted by Crippen LogP contribution is 2.13. The molecule has 0 saturated heterocycles. The van der Waals surface area contributed by atoms with Crippen molar-refractivity contribution >= 4 is 40.5 Å². The number of benzene rings is 1. The van der Waals surface area contributed by atoms with E-state index in [2.05, 4.69) is 17.6 Å². The Morgan fingerprint density at radius 1 is 1.21 bits per heavy atom. The van der Waals surface area contributed by atoms with Gasteiger partial charge in [0, 0.05) is 17.1 Å². The summed E-state index contributed by atoms with van der Waals surface area (Å²) in [5.41, 5.74) is 0.862. The molecule has 0 unspecified atom stereocenters. The standard InChI is InChI=1S/C14H20ClN3S/c1-2-3-4-5-6-13(16)18-14(19)17-12-9-7-11(15)8-10-12/h7-10H,2-6H2,1H3,(H3,16,17,18,19). The highest BCUT2D eigenvalue weighted by Gasteiger charge is 2.01. The normalized spacial score (nSPS) is 10.0. The van der Waals surface area contributed by atoms with E-state index in [0.29, 0.717) is 16.0 Å². The summed E-state index contributed by atoms with van der Waals surface area (Å²) < 4.78 is 0. The molecule has 3 N–H and O–H groups in total. The maximum atomic E-state index is 7.79. The van der Waals surface area contributed by atoms with E-state index in [1.54, 1.807) is 12.1 Å². The maximum absolute atomic E-state index is 7.79. The van der Waals surface area contributed by atoms with E-state index in [0.717, 1.165) is 24.9 Å². The second-order valence-corrected chi connectivity index (χ2v) is 5.22. The molecule has 0 heterocycles. The molecule has 0 aromatic heterocycles. The van der Waals surface area contributed by atoms with Gasteiger partial charge in [0.15, 0.2) is 5.11 Å². The van der Waals surface area contributed by atoms with Crippen LogP contribution < -0.4 is 10.6 Å². The number of amidine groups is 1. The van der Waals surface area contributed by atoms with Crippen LogP contribution in [0.5, 0.6) is 0 Å². The van der Waals surface area contributed by atoms with Gasteiger partial charge < -0.3 is 10.6 Å². The van der Waals surface area contributed by atoms with Gasteiger partial charge in [-0.05, 0) is 42.9 Å². The van der Waals surface area contributed by atoms with E-state index >= 15 is 0 Å². The van der Waals surface area contributed by atoms with Crippen LogP contribution in [0.25, 0.3) is 0 Å². The first-order chi connectivity index (χ1) is 9.11. The first kappa shape index (κ1) is 15.9. The van der Waals surface area contributed by atoms with Gasteiger partial charge in [0.1, 0.15) is 0 Å². The molecule has 0 fully saturated rings. The van der Waals surface area contributed by atoms with Crippen LogP contribution in [0.1, 0.15) is 39.0 Å². The summed E-state index contributed by atoms with van der Waals surface area (Å²) in [4.78, 5) is 0. The number of halogens is 1. The molecule has 104 valence electrons. The fourth-order valence-corrected chi connectivity index (χ4v) is 1.99. The zero-order valence-corrected chi connectivity index (χ0v) is 12.7. The lowest BCUT2D eigenvalue weighted by atomic mass is 10.1. The summed E-state index contributed by atoms with van der Waals surface area (Å²) in [7, 11) is 0. The Labute approximate surface area is 125 Å². The van der Waals surface area contributed by atoms with E-state index in [-0.39, 0.29) is 0 Å². The van der Waals surface area contributed by atoms with Gasteiger partial charge in [-0.2, -0.15) is 0 Å². The average Bonchev–Trinajstić information content (AvgIpc) is 2.37. The molecule has 0 radical (unpaired) electrons. The Morgan fingerprint density at radius 2 is 1.89 bits per heavy atom. The van der Waals surface area contributed by atoms with Crippen molar-refractivity contribution in [3.63, 3.8) is 0 Å². The number of anilines is 1. The van der Waals surface area contributed by atoms with Crippen LogP contribution in [-0.2, 0) is 0 Å². The van der Waals surface area contributed by atoms with Crippen molar-refractivity contribution in [3.8, 4) is 0 Å². The van der Waals surface area contributed by atoms with Crippen molar-refractivity contribution < 1.29 is 0 Å². The number of nitrogens with one attached hydrogen (secondary N) is 3. The molecule has 19 heavy (non-hydrogen) atoms. The van der Waals surface area contributed by atoms with Crippen molar-refractivity contribution in [3.05, 3.63) is 29.3 Å². The van der Waals surface area contributed by atoms with Gasteiger partial charge in [0.05, 0.1) is 5.84 Å². The molecule has 0 amide bonds. The molecule has 0 saturated carbocycles. The predicted molar refractivity (Wildman–Crippen MR) is 87.3 cm³/mol. The van der Waals surface area contributed by atoms with Crippen LogP contribution in [0.3, 0.4) is 0 Å². The summed E-state index contributed by atoms with van der Waals surface area (Å²) in [6.45, 7) is 2.18. The van der Waals surface area contributed by atoms with Crippen LogP contribution in [0.2, 0.25) is 5.02 Å². The summed E-state index contributed by atoms with van der Waals surface area (Å²) in [6.07, 6.45) is 5.36. The van der Waals surface area contributed by atoms with Crippen LogP contribution in [0, 0.1) is 5.41 Å². The highest BCUT2D eigenvalue weighted by atomic mass is 35.5. The molecule has 1 aromatic carbocycles. The second-order valence-electron chi connectivity index (χ2n) is 4.38. The second kappa shape index (κ2) is 8.88. The van der Waals surface area contributed by atoms with Crippen molar-refractivity contribution in [2.45, 2.75) is 39.0 Å². The minimum absolute atomic E-state index is 0.447. The lowest BCUT2D eigenvalue weighted by Crippen LogP contribution is -2.33. The Hall–Kier alpha value is -1.13. The minimum Gasteiger partial charge on any atom is -0.332 e. The lowest BCUT2D eigenvalue weighted by molar-refractivity contribution is 0.679. The molecule has 1 aromatic rings. The molecule has 1 rings (SSSR count). The van der Waals surface area contributed by atoms with Crippen molar-refractivity contribution in [1.29, 1.82) is 5.41 Å². The lowest BCUT2D eigenvalue weighted by Gasteiger charge is -2.11. The molecule has 0 atom stereocenters. The zero-order valence-electron chi connectivity index (χ0n) is 11.1. The highest BCUT2D eigenvalue weighted by molar-refractivity contribution is 7.80. The monoisotopic (exact) mass is 297 g/mol. The molecule has 0 aliphatic carbocycles. The summed E-state index contributed by atoms with van der Waals surface area (Å²) in [5.74, 6) is 0.461. The van der Waals surface area contributed by atoms with E-state index in [4.69, 9.17) is 29.2 Å². The Balaban J connectivity index is 2.26. The third kappa shape index (κ3) is 7.13. The third-order valence-corrected chi connectivity index (χ3v) is 3.10. The first-order valence-corrected chi connectivity index (χ1v) is 7.31. The molecule has 0 aliphatic rings. The number of hydrogen-bond acceptors (Lipinski definition) is 2. The van der Waals surface area contributed by atoms with Crippen LogP contribution >= 0.6 is 23.8 Å². The smallest absolute Gasteiger partial charge is 0.176 e. The molecule has 0 aliphatic heterocycles. The number of thiocarbonyl (C=S) groups is 1. The van der Waals surface area contributed by atoms with Gasteiger partial charge in [0.2, 0.25) is 0 Å². The van der Waals surface area contributed by atoms with Crippen LogP contribution in [0.15, 0.2) is 24.3 Å². The summed E-state index contributed by atoms with van der Waals surface area (Å²) in [6, 6.07) is 7.29. The van der Waals surface area contributed by atoms with E-state index in [9.17, 15) is 0 Å². The SMILES string of the molecule is CCCCCCC(=N)NC(=S)Nc1ccc(Cl)cc1. The fourth-order valence-electron chi connectivity index (χ4n) is 1.62. The molecule has 0 bridgehead atoms. The van der Waals surface area contributed by atoms with E-state index in [1.165, 1.54) is 12.8 Å². The zero-order chi connectivity index (χ0) is 14.1.